The molecule has 0 aromatic carbocycles. The van der Waals surface area contributed by atoms with Crippen LogP contribution in [-0.2, 0) is 4.74 Å². The van der Waals surface area contributed by atoms with Crippen molar-refractivity contribution in [2.24, 2.45) is 5.73 Å². The van der Waals surface area contributed by atoms with Crippen LogP contribution < -0.4 is 11.1 Å². The summed E-state index contributed by atoms with van der Waals surface area (Å²) in [6, 6.07) is 0. The molecule has 0 aromatic rings. The molecule has 0 aromatic heterocycles. The molecule has 0 heterocycles. The molecule has 0 bridgehead atoms. The molecule has 0 aliphatic carbocycles. The van der Waals surface area contributed by atoms with Gasteiger partial charge >= 0.3 is 0 Å². The molecule has 3 heteroatoms. The highest BCUT2D eigenvalue weighted by Crippen LogP contribution is 2.08. The third kappa shape index (κ3) is 9.80. The summed E-state index contributed by atoms with van der Waals surface area (Å²) in [5.74, 6) is 0. The maximum Gasteiger partial charge on any atom is 0.105 e. The fourth-order valence-electron chi connectivity index (χ4n) is 1.15. The molecule has 0 rings (SSSR count). The number of nitrogens with two attached hydrogens (primary N) is 1. The average Bonchev–Trinajstić information content (AvgIpc) is 1.94. The van der Waals surface area contributed by atoms with Gasteiger partial charge in [0.1, 0.15) is 6.23 Å². The Morgan fingerprint density at radius 3 is 2.38 bits per heavy atom. The van der Waals surface area contributed by atoms with E-state index in [4.69, 9.17) is 10.5 Å². The van der Waals surface area contributed by atoms with Gasteiger partial charge in [0.15, 0.2) is 0 Å². The number of nitrogens with one attached hydrogen (secondary N) is 1. The highest BCUT2D eigenvalue weighted by atomic mass is 16.5. The summed E-state index contributed by atoms with van der Waals surface area (Å²) < 4.78 is 5.68. The molecule has 0 spiro atoms. The molecular formula is C10H24N2O. The van der Waals surface area contributed by atoms with Crippen LogP contribution in [0.5, 0.6) is 0 Å². The number of hydrogen-bond donors (Lipinski definition) is 2. The van der Waals surface area contributed by atoms with Crippen molar-refractivity contribution in [1.82, 2.24) is 5.32 Å². The van der Waals surface area contributed by atoms with Gasteiger partial charge in [0, 0.05) is 0 Å². The lowest BCUT2D eigenvalue weighted by molar-refractivity contribution is -0.0654. The van der Waals surface area contributed by atoms with Crippen LogP contribution in [0.4, 0.5) is 0 Å². The number of unbranched alkanes of at least 4 members (excludes halogenated alkanes) is 1. The van der Waals surface area contributed by atoms with Gasteiger partial charge in [0.2, 0.25) is 0 Å². The maximum absolute atomic E-state index is 5.68. The Hall–Kier alpha value is -0.120. The van der Waals surface area contributed by atoms with Gasteiger partial charge in [0.25, 0.3) is 0 Å². The molecule has 1 atom stereocenters. The van der Waals surface area contributed by atoms with Gasteiger partial charge in [-0.1, -0.05) is 0 Å². The molecule has 0 fully saturated rings. The van der Waals surface area contributed by atoms with E-state index < -0.39 is 0 Å². The Morgan fingerprint density at radius 1 is 1.31 bits per heavy atom. The molecule has 0 saturated heterocycles. The fraction of sp³-hybridized carbons (Fsp3) is 1.00. The van der Waals surface area contributed by atoms with Crippen molar-refractivity contribution in [2.45, 2.75) is 52.4 Å². The Morgan fingerprint density at radius 2 is 1.92 bits per heavy atom. The molecule has 0 aliphatic rings. The van der Waals surface area contributed by atoms with Gasteiger partial charge in [-0.05, 0) is 53.6 Å². The van der Waals surface area contributed by atoms with Gasteiger partial charge in [-0.3, -0.25) is 5.32 Å². The van der Waals surface area contributed by atoms with Crippen molar-refractivity contribution >= 4 is 0 Å². The van der Waals surface area contributed by atoms with Crippen molar-refractivity contribution in [2.75, 3.05) is 13.1 Å². The zero-order chi connectivity index (χ0) is 10.3. The van der Waals surface area contributed by atoms with E-state index in [0.717, 1.165) is 25.9 Å². The van der Waals surface area contributed by atoms with E-state index in [2.05, 4.69) is 26.1 Å². The summed E-state index contributed by atoms with van der Waals surface area (Å²) in [7, 11) is 0. The predicted molar refractivity (Wildman–Crippen MR) is 56.6 cm³/mol. The van der Waals surface area contributed by atoms with Crippen LogP contribution in [0, 0.1) is 0 Å². The Kier molecular flexibility index (Phi) is 6.29. The largest absolute Gasteiger partial charge is 0.358 e. The van der Waals surface area contributed by atoms with E-state index in [-0.39, 0.29) is 11.8 Å². The number of hydrogen-bond acceptors (Lipinski definition) is 3. The maximum atomic E-state index is 5.68. The minimum Gasteiger partial charge on any atom is -0.358 e. The van der Waals surface area contributed by atoms with Gasteiger partial charge in [-0.25, -0.2) is 0 Å². The van der Waals surface area contributed by atoms with Crippen molar-refractivity contribution < 1.29 is 4.74 Å². The first-order valence-corrected chi connectivity index (χ1v) is 5.07. The normalized spacial score (nSPS) is 14.5. The SMILES string of the molecule is CC(NCCCCN)OC(C)(C)C. The first-order valence-electron chi connectivity index (χ1n) is 5.07. The standard InChI is InChI=1S/C10H24N2O/c1-9(13-10(2,3)4)12-8-6-5-7-11/h9,12H,5-8,11H2,1-4H3. The fourth-order valence-corrected chi connectivity index (χ4v) is 1.15. The summed E-state index contributed by atoms with van der Waals surface area (Å²) in [5.41, 5.74) is 5.32. The number of ether oxygens (including phenoxy) is 1. The summed E-state index contributed by atoms with van der Waals surface area (Å²) in [6.07, 6.45) is 2.32. The second kappa shape index (κ2) is 6.35. The molecule has 3 N–H and O–H groups in total. The molecule has 80 valence electrons. The molecular weight excluding hydrogens is 164 g/mol. The highest BCUT2D eigenvalue weighted by molar-refractivity contribution is 4.62. The highest BCUT2D eigenvalue weighted by Gasteiger charge is 2.13. The predicted octanol–water partition coefficient (Wildman–Crippen LogP) is 1.48. The lowest BCUT2D eigenvalue weighted by atomic mass is 10.2. The third-order valence-corrected chi connectivity index (χ3v) is 1.59. The number of rotatable bonds is 6. The quantitative estimate of drug-likeness (QED) is 0.490. The second-order valence-corrected chi connectivity index (χ2v) is 4.32. The lowest BCUT2D eigenvalue weighted by Gasteiger charge is -2.25. The third-order valence-electron chi connectivity index (χ3n) is 1.59. The minimum atomic E-state index is -0.0692. The van der Waals surface area contributed by atoms with Crippen molar-refractivity contribution in [3.8, 4) is 0 Å². The smallest absolute Gasteiger partial charge is 0.105 e. The molecule has 13 heavy (non-hydrogen) atoms. The average molecular weight is 188 g/mol. The van der Waals surface area contributed by atoms with Crippen molar-refractivity contribution in [1.29, 1.82) is 0 Å². The van der Waals surface area contributed by atoms with Crippen LogP contribution in [-0.4, -0.2) is 24.9 Å². The van der Waals surface area contributed by atoms with Gasteiger partial charge in [-0.15, -0.1) is 0 Å². The van der Waals surface area contributed by atoms with Crippen LogP contribution in [0.25, 0.3) is 0 Å². The Labute approximate surface area is 82.0 Å². The summed E-state index contributed by atoms with van der Waals surface area (Å²) in [5, 5.41) is 3.30. The van der Waals surface area contributed by atoms with Crippen molar-refractivity contribution in [3.63, 3.8) is 0 Å². The Balaban J connectivity index is 3.35. The van der Waals surface area contributed by atoms with Gasteiger partial charge in [-0.2, -0.15) is 0 Å². The first kappa shape index (κ1) is 12.9. The van der Waals surface area contributed by atoms with E-state index in [1.54, 1.807) is 0 Å². The molecule has 0 amide bonds. The summed E-state index contributed by atoms with van der Waals surface area (Å²) in [4.78, 5) is 0. The van der Waals surface area contributed by atoms with Gasteiger partial charge < -0.3 is 10.5 Å². The first-order chi connectivity index (χ1) is 5.95. The summed E-state index contributed by atoms with van der Waals surface area (Å²) in [6.45, 7) is 9.97. The zero-order valence-corrected chi connectivity index (χ0v) is 9.39. The van der Waals surface area contributed by atoms with E-state index in [9.17, 15) is 0 Å². The van der Waals surface area contributed by atoms with Crippen LogP contribution >= 0.6 is 0 Å². The van der Waals surface area contributed by atoms with Crippen LogP contribution in [0.1, 0.15) is 40.5 Å². The van der Waals surface area contributed by atoms with E-state index in [1.807, 2.05) is 6.92 Å². The molecule has 1 unspecified atom stereocenters. The lowest BCUT2D eigenvalue weighted by Crippen LogP contribution is -2.36. The summed E-state index contributed by atoms with van der Waals surface area (Å²) >= 11 is 0. The van der Waals surface area contributed by atoms with Gasteiger partial charge in [0.05, 0.1) is 5.60 Å². The topological polar surface area (TPSA) is 47.3 Å². The Bertz CT molecular complexity index is 121. The minimum absolute atomic E-state index is 0.0692. The van der Waals surface area contributed by atoms with Crippen LogP contribution in [0.15, 0.2) is 0 Å². The zero-order valence-electron chi connectivity index (χ0n) is 9.39. The molecule has 0 aliphatic heterocycles. The van der Waals surface area contributed by atoms with Crippen molar-refractivity contribution in [3.05, 3.63) is 0 Å². The van der Waals surface area contributed by atoms with Crippen LogP contribution in [0.3, 0.4) is 0 Å². The van der Waals surface area contributed by atoms with E-state index >= 15 is 0 Å². The van der Waals surface area contributed by atoms with E-state index in [1.165, 1.54) is 0 Å². The second-order valence-electron chi connectivity index (χ2n) is 4.32. The molecule has 3 nitrogen and oxygen atoms in total. The van der Waals surface area contributed by atoms with E-state index in [0.29, 0.717) is 0 Å². The molecule has 0 radical (unpaired) electrons. The van der Waals surface area contributed by atoms with Crippen LogP contribution in [0.2, 0.25) is 0 Å². The monoisotopic (exact) mass is 188 g/mol. The molecule has 0 saturated carbocycles.